The monoisotopic (exact) mass is 209 g/mol. The van der Waals surface area contributed by atoms with Gasteiger partial charge in [-0.05, 0) is 24.0 Å². The van der Waals surface area contributed by atoms with Gasteiger partial charge in [0, 0.05) is 11.9 Å². The zero-order valence-corrected chi connectivity index (χ0v) is 8.85. The molecule has 0 saturated heterocycles. The van der Waals surface area contributed by atoms with Gasteiger partial charge in [-0.25, -0.2) is 0 Å². The molecule has 1 aliphatic heterocycles. The molecule has 1 atom stereocenters. The molecule has 0 saturated carbocycles. The summed E-state index contributed by atoms with van der Waals surface area (Å²) in [5.41, 5.74) is 1.18. The van der Waals surface area contributed by atoms with E-state index < -0.39 is 0 Å². The normalized spacial score (nSPS) is 20.8. The summed E-state index contributed by atoms with van der Waals surface area (Å²) in [4.78, 5) is 4.29. The van der Waals surface area contributed by atoms with Gasteiger partial charge in [-0.2, -0.15) is 0 Å². The first-order valence-corrected chi connectivity index (χ1v) is 6.26. The fraction of sp³-hybridized carbons (Fsp3) is 0.300. The highest BCUT2D eigenvalue weighted by Crippen LogP contribution is 2.34. The van der Waals surface area contributed by atoms with Crippen molar-refractivity contribution in [1.29, 1.82) is 0 Å². The summed E-state index contributed by atoms with van der Waals surface area (Å²) >= 11 is 3.89. The second kappa shape index (κ2) is 4.72. The first-order valence-electron chi connectivity index (χ1n) is 4.27. The molecule has 0 aliphatic carbocycles. The molecule has 1 aromatic rings. The topological polar surface area (TPSA) is 12.9 Å². The highest BCUT2D eigenvalue weighted by Gasteiger charge is 2.10. The highest BCUT2D eigenvalue weighted by atomic mass is 32.2. The predicted octanol–water partition coefficient (Wildman–Crippen LogP) is 3.29. The third-order valence-electron chi connectivity index (χ3n) is 1.80. The number of pyridine rings is 1. The number of rotatable bonds is 3. The standard InChI is InChI=1S/C10H11NS2/c1-2-6-11-9(4-1)8-13-10-5-3-7-12-10/h1-4,6-7,10H,5,8H2. The van der Waals surface area contributed by atoms with E-state index in [9.17, 15) is 0 Å². The summed E-state index contributed by atoms with van der Waals surface area (Å²) in [5.74, 6) is 1.03. The Morgan fingerprint density at radius 3 is 3.23 bits per heavy atom. The van der Waals surface area contributed by atoms with E-state index in [4.69, 9.17) is 0 Å². The van der Waals surface area contributed by atoms with Crippen LogP contribution in [0.5, 0.6) is 0 Å². The van der Waals surface area contributed by atoms with E-state index in [0.717, 1.165) is 5.75 Å². The van der Waals surface area contributed by atoms with Gasteiger partial charge in [0.2, 0.25) is 0 Å². The van der Waals surface area contributed by atoms with Crippen molar-refractivity contribution >= 4 is 23.5 Å². The number of allylic oxidation sites excluding steroid dienone is 1. The number of nitrogens with zero attached hydrogens (tertiary/aromatic N) is 1. The molecule has 1 aliphatic rings. The van der Waals surface area contributed by atoms with Gasteiger partial charge in [-0.3, -0.25) is 4.98 Å². The summed E-state index contributed by atoms with van der Waals surface area (Å²) in [6.07, 6.45) is 5.29. The van der Waals surface area contributed by atoms with Crippen LogP contribution >= 0.6 is 23.5 Å². The van der Waals surface area contributed by atoms with Crippen LogP contribution < -0.4 is 0 Å². The van der Waals surface area contributed by atoms with Crippen LogP contribution in [0.2, 0.25) is 0 Å². The number of hydrogen-bond acceptors (Lipinski definition) is 3. The van der Waals surface area contributed by atoms with Crippen molar-refractivity contribution in [2.24, 2.45) is 0 Å². The summed E-state index contributed by atoms with van der Waals surface area (Å²) in [7, 11) is 0. The maximum absolute atomic E-state index is 4.29. The molecule has 1 unspecified atom stereocenters. The summed E-state index contributed by atoms with van der Waals surface area (Å²) < 4.78 is 0.710. The molecule has 0 amide bonds. The summed E-state index contributed by atoms with van der Waals surface area (Å²) in [6, 6.07) is 6.09. The van der Waals surface area contributed by atoms with Gasteiger partial charge in [-0.15, -0.1) is 23.5 Å². The van der Waals surface area contributed by atoms with Crippen molar-refractivity contribution in [2.45, 2.75) is 16.8 Å². The Hall–Kier alpha value is -0.410. The lowest BCUT2D eigenvalue weighted by Crippen LogP contribution is -1.92. The lowest BCUT2D eigenvalue weighted by molar-refractivity contribution is 1.15. The third-order valence-corrected chi connectivity index (χ3v) is 4.41. The molecule has 2 rings (SSSR count). The van der Waals surface area contributed by atoms with Gasteiger partial charge in [0.15, 0.2) is 0 Å². The van der Waals surface area contributed by atoms with E-state index in [2.05, 4.69) is 22.5 Å². The van der Waals surface area contributed by atoms with Crippen LogP contribution in [0.4, 0.5) is 0 Å². The lowest BCUT2D eigenvalue weighted by Gasteiger charge is -2.06. The number of hydrogen-bond donors (Lipinski definition) is 0. The molecule has 13 heavy (non-hydrogen) atoms. The van der Waals surface area contributed by atoms with E-state index in [-0.39, 0.29) is 0 Å². The van der Waals surface area contributed by atoms with Crippen LogP contribution in [-0.4, -0.2) is 9.57 Å². The maximum atomic E-state index is 4.29. The quantitative estimate of drug-likeness (QED) is 0.758. The van der Waals surface area contributed by atoms with Gasteiger partial charge in [-0.1, -0.05) is 12.1 Å². The highest BCUT2D eigenvalue weighted by molar-refractivity contribution is 8.18. The van der Waals surface area contributed by atoms with Crippen LogP contribution in [0.25, 0.3) is 0 Å². The minimum atomic E-state index is 0.710. The number of thioether (sulfide) groups is 2. The molecule has 0 bridgehead atoms. The Balaban J connectivity index is 1.80. The van der Waals surface area contributed by atoms with Crippen molar-refractivity contribution in [3.05, 3.63) is 41.6 Å². The molecule has 0 radical (unpaired) electrons. The van der Waals surface area contributed by atoms with Crippen molar-refractivity contribution in [3.63, 3.8) is 0 Å². The Morgan fingerprint density at radius 2 is 2.54 bits per heavy atom. The van der Waals surface area contributed by atoms with E-state index in [1.54, 1.807) is 0 Å². The maximum Gasteiger partial charge on any atom is 0.0582 e. The van der Waals surface area contributed by atoms with Crippen LogP contribution in [0.15, 0.2) is 35.9 Å². The van der Waals surface area contributed by atoms with E-state index in [0.29, 0.717) is 4.58 Å². The van der Waals surface area contributed by atoms with Crippen LogP contribution in [0, 0.1) is 0 Å². The molecule has 1 nitrogen and oxygen atoms in total. The average Bonchev–Trinajstić information content (AvgIpc) is 2.69. The fourth-order valence-electron chi connectivity index (χ4n) is 1.13. The van der Waals surface area contributed by atoms with Crippen molar-refractivity contribution < 1.29 is 0 Å². The molecule has 2 heterocycles. The molecule has 1 aromatic heterocycles. The van der Waals surface area contributed by atoms with E-state index in [1.807, 2.05) is 41.9 Å². The first-order chi connectivity index (χ1) is 6.45. The van der Waals surface area contributed by atoms with Crippen molar-refractivity contribution in [1.82, 2.24) is 4.98 Å². The van der Waals surface area contributed by atoms with Crippen LogP contribution in [-0.2, 0) is 5.75 Å². The molecule has 68 valence electrons. The van der Waals surface area contributed by atoms with E-state index >= 15 is 0 Å². The molecular formula is C10H11NS2. The molecule has 0 fully saturated rings. The Kier molecular flexibility index (Phi) is 3.33. The van der Waals surface area contributed by atoms with Crippen molar-refractivity contribution in [2.75, 3.05) is 0 Å². The van der Waals surface area contributed by atoms with Gasteiger partial charge in [0.05, 0.1) is 10.3 Å². The second-order valence-electron chi connectivity index (χ2n) is 2.81. The molecule has 3 heteroatoms. The molecule has 0 spiro atoms. The Labute approximate surface area is 87.0 Å². The van der Waals surface area contributed by atoms with E-state index in [1.165, 1.54) is 12.1 Å². The van der Waals surface area contributed by atoms with Crippen LogP contribution in [0.1, 0.15) is 12.1 Å². The fourth-order valence-corrected chi connectivity index (χ4v) is 3.24. The molecular weight excluding hydrogens is 198 g/mol. The Bertz CT molecular complexity index is 276. The van der Waals surface area contributed by atoms with Gasteiger partial charge >= 0.3 is 0 Å². The minimum absolute atomic E-state index is 0.710. The molecule has 0 aromatic carbocycles. The predicted molar refractivity (Wildman–Crippen MR) is 60.7 cm³/mol. The average molecular weight is 209 g/mol. The third kappa shape index (κ3) is 2.78. The second-order valence-corrected chi connectivity index (χ2v) is 5.41. The number of aromatic nitrogens is 1. The zero-order chi connectivity index (χ0) is 8.93. The minimum Gasteiger partial charge on any atom is -0.260 e. The molecule has 0 N–H and O–H groups in total. The first kappa shape index (κ1) is 9.16. The SMILES string of the molecule is C1=CSC(SCc2ccccn2)C1. The van der Waals surface area contributed by atoms with Gasteiger partial charge in [0.1, 0.15) is 0 Å². The lowest BCUT2D eigenvalue weighted by atomic mass is 10.4. The summed E-state index contributed by atoms with van der Waals surface area (Å²) in [5, 5.41) is 2.19. The largest absolute Gasteiger partial charge is 0.260 e. The van der Waals surface area contributed by atoms with Gasteiger partial charge in [0.25, 0.3) is 0 Å². The smallest absolute Gasteiger partial charge is 0.0582 e. The summed E-state index contributed by atoms with van der Waals surface area (Å²) in [6.45, 7) is 0. The van der Waals surface area contributed by atoms with Crippen LogP contribution in [0.3, 0.4) is 0 Å². The van der Waals surface area contributed by atoms with Gasteiger partial charge < -0.3 is 0 Å². The Morgan fingerprint density at radius 1 is 1.54 bits per heavy atom. The zero-order valence-electron chi connectivity index (χ0n) is 7.22. The van der Waals surface area contributed by atoms with Crippen molar-refractivity contribution in [3.8, 4) is 0 Å².